The molecule has 0 unspecified atom stereocenters. The lowest BCUT2D eigenvalue weighted by Gasteiger charge is -2.33. The van der Waals surface area contributed by atoms with Gasteiger partial charge in [-0.2, -0.15) is 0 Å². The third-order valence-electron chi connectivity index (χ3n) is 2.77. The van der Waals surface area contributed by atoms with Gasteiger partial charge in [0.1, 0.15) is 0 Å². The van der Waals surface area contributed by atoms with Gasteiger partial charge in [-0.25, -0.2) is 4.79 Å². The number of likely N-dealkylation sites (tertiary alicyclic amines) is 1. The SMILES string of the molecule is C=CCN(C)C(=O)N1CCC[C@@H](C(=O)O)C1. The molecule has 0 aromatic rings. The highest BCUT2D eigenvalue weighted by atomic mass is 16.4. The topological polar surface area (TPSA) is 60.9 Å². The van der Waals surface area contributed by atoms with Crippen molar-refractivity contribution in [1.29, 1.82) is 0 Å². The molecule has 1 saturated heterocycles. The Hall–Kier alpha value is -1.52. The van der Waals surface area contributed by atoms with Crippen molar-refractivity contribution in [1.82, 2.24) is 9.80 Å². The number of amides is 2. The van der Waals surface area contributed by atoms with Crippen molar-refractivity contribution in [2.24, 2.45) is 5.92 Å². The second-order valence-electron chi connectivity index (χ2n) is 4.08. The van der Waals surface area contributed by atoms with Crippen molar-refractivity contribution in [3.05, 3.63) is 12.7 Å². The van der Waals surface area contributed by atoms with Crippen LogP contribution >= 0.6 is 0 Å². The van der Waals surface area contributed by atoms with E-state index < -0.39 is 11.9 Å². The standard InChI is InChI=1S/C11H18N2O3/c1-3-6-12(2)11(16)13-7-4-5-9(8-13)10(14)15/h3,9H,1,4-8H2,2H3,(H,14,15)/t9-/m1/s1. The van der Waals surface area contributed by atoms with E-state index in [1.165, 1.54) is 4.90 Å². The number of hydrogen-bond acceptors (Lipinski definition) is 2. The number of hydrogen-bond donors (Lipinski definition) is 1. The van der Waals surface area contributed by atoms with Crippen LogP contribution in [0.2, 0.25) is 0 Å². The molecule has 1 fully saturated rings. The molecule has 1 heterocycles. The van der Waals surface area contributed by atoms with Gasteiger partial charge in [0, 0.05) is 26.7 Å². The van der Waals surface area contributed by atoms with Crippen LogP contribution in [-0.4, -0.2) is 53.6 Å². The highest BCUT2D eigenvalue weighted by molar-refractivity contribution is 5.76. The maximum absolute atomic E-state index is 11.9. The number of carbonyl (C=O) groups excluding carboxylic acids is 1. The molecule has 90 valence electrons. The molecule has 0 aromatic heterocycles. The molecule has 5 nitrogen and oxygen atoms in total. The quantitative estimate of drug-likeness (QED) is 0.731. The summed E-state index contributed by atoms with van der Waals surface area (Å²) in [6.45, 7) is 5.00. The fourth-order valence-electron chi connectivity index (χ4n) is 1.87. The lowest BCUT2D eigenvalue weighted by molar-refractivity contribution is -0.143. The number of carboxylic acid groups (broad SMARTS) is 1. The van der Waals surface area contributed by atoms with E-state index in [1.807, 2.05) is 0 Å². The molecule has 0 aromatic carbocycles. The van der Waals surface area contributed by atoms with Crippen molar-refractivity contribution in [2.45, 2.75) is 12.8 Å². The molecule has 1 N–H and O–H groups in total. The largest absolute Gasteiger partial charge is 0.481 e. The van der Waals surface area contributed by atoms with E-state index in [4.69, 9.17) is 5.11 Å². The van der Waals surface area contributed by atoms with Crippen LogP contribution in [0.15, 0.2) is 12.7 Å². The number of carboxylic acids is 1. The maximum atomic E-state index is 11.9. The summed E-state index contributed by atoms with van der Waals surface area (Å²) in [6, 6.07) is -0.120. The minimum atomic E-state index is -0.816. The van der Waals surface area contributed by atoms with Crippen molar-refractivity contribution < 1.29 is 14.7 Å². The maximum Gasteiger partial charge on any atom is 0.320 e. The van der Waals surface area contributed by atoms with Crippen LogP contribution in [-0.2, 0) is 4.79 Å². The Kier molecular flexibility index (Phi) is 4.34. The first-order chi connectivity index (χ1) is 7.56. The average Bonchev–Trinajstić information content (AvgIpc) is 2.28. The van der Waals surface area contributed by atoms with E-state index in [0.29, 0.717) is 26.1 Å². The van der Waals surface area contributed by atoms with E-state index in [2.05, 4.69) is 6.58 Å². The molecule has 0 saturated carbocycles. The van der Waals surface area contributed by atoms with Gasteiger partial charge in [-0.05, 0) is 12.8 Å². The average molecular weight is 226 g/mol. The predicted octanol–water partition coefficient (Wildman–Crippen LogP) is 1.02. The molecule has 0 radical (unpaired) electrons. The molecule has 2 amide bonds. The molecule has 0 aliphatic carbocycles. The van der Waals surface area contributed by atoms with Crippen LogP contribution in [0.3, 0.4) is 0 Å². The Morgan fingerprint density at radius 3 is 2.88 bits per heavy atom. The van der Waals surface area contributed by atoms with Crippen molar-refractivity contribution in [3.8, 4) is 0 Å². The molecule has 1 rings (SSSR count). The van der Waals surface area contributed by atoms with Gasteiger partial charge >= 0.3 is 12.0 Å². The molecule has 0 spiro atoms. The van der Waals surface area contributed by atoms with Crippen LogP contribution < -0.4 is 0 Å². The van der Waals surface area contributed by atoms with E-state index in [-0.39, 0.29) is 6.03 Å². The summed E-state index contributed by atoms with van der Waals surface area (Å²) in [5.74, 6) is -1.24. The monoisotopic (exact) mass is 226 g/mol. The zero-order valence-corrected chi connectivity index (χ0v) is 9.56. The Morgan fingerprint density at radius 1 is 1.62 bits per heavy atom. The van der Waals surface area contributed by atoms with Gasteiger partial charge in [0.25, 0.3) is 0 Å². The molecule has 5 heteroatoms. The number of aliphatic carboxylic acids is 1. The highest BCUT2D eigenvalue weighted by Gasteiger charge is 2.29. The number of nitrogens with zero attached hydrogens (tertiary/aromatic N) is 2. The zero-order valence-electron chi connectivity index (χ0n) is 9.56. The zero-order chi connectivity index (χ0) is 12.1. The van der Waals surface area contributed by atoms with Crippen molar-refractivity contribution in [2.75, 3.05) is 26.7 Å². The minimum Gasteiger partial charge on any atom is -0.481 e. The van der Waals surface area contributed by atoms with Gasteiger partial charge in [0.2, 0.25) is 0 Å². The normalized spacial score (nSPS) is 20.3. The Morgan fingerprint density at radius 2 is 2.31 bits per heavy atom. The number of piperidine rings is 1. The first-order valence-corrected chi connectivity index (χ1v) is 5.40. The fourth-order valence-corrected chi connectivity index (χ4v) is 1.87. The first-order valence-electron chi connectivity index (χ1n) is 5.40. The summed E-state index contributed by atoms with van der Waals surface area (Å²) in [5.41, 5.74) is 0. The molecule has 16 heavy (non-hydrogen) atoms. The molecular formula is C11H18N2O3. The third kappa shape index (κ3) is 2.98. The van der Waals surface area contributed by atoms with Gasteiger partial charge in [-0.15, -0.1) is 6.58 Å². The van der Waals surface area contributed by atoms with Gasteiger partial charge in [-0.3, -0.25) is 4.79 Å². The summed E-state index contributed by atoms with van der Waals surface area (Å²) < 4.78 is 0. The van der Waals surface area contributed by atoms with E-state index in [1.54, 1.807) is 18.0 Å². The summed E-state index contributed by atoms with van der Waals surface area (Å²) in [6.07, 6.45) is 3.06. The molecule has 1 aliphatic rings. The van der Waals surface area contributed by atoms with Gasteiger partial charge in [0.15, 0.2) is 0 Å². The van der Waals surface area contributed by atoms with Gasteiger partial charge in [-0.1, -0.05) is 6.08 Å². The lowest BCUT2D eigenvalue weighted by Crippen LogP contribution is -2.47. The van der Waals surface area contributed by atoms with Crippen LogP contribution in [0, 0.1) is 5.92 Å². The number of urea groups is 1. The Bertz CT molecular complexity index is 291. The molecular weight excluding hydrogens is 208 g/mol. The van der Waals surface area contributed by atoms with E-state index in [9.17, 15) is 9.59 Å². The first kappa shape index (κ1) is 12.5. The molecule has 1 aliphatic heterocycles. The lowest BCUT2D eigenvalue weighted by atomic mass is 9.99. The third-order valence-corrected chi connectivity index (χ3v) is 2.77. The van der Waals surface area contributed by atoms with Crippen molar-refractivity contribution >= 4 is 12.0 Å². The second kappa shape index (κ2) is 5.53. The van der Waals surface area contributed by atoms with E-state index in [0.717, 1.165) is 6.42 Å². The van der Waals surface area contributed by atoms with Crippen molar-refractivity contribution in [3.63, 3.8) is 0 Å². The van der Waals surface area contributed by atoms with Crippen LogP contribution in [0.1, 0.15) is 12.8 Å². The summed E-state index contributed by atoms with van der Waals surface area (Å²) in [7, 11) is 1.69. The summed E-state index contributed by atoms with van der Waals surface area (Å²) in [4.78, 5) is 25.9. The Balaban J connectivity index is 2.56. The smallest absolute Gasteiger partial charge is 0.320 e. The van der Waals surface area contributed by atoms with E-state index >= 15 is 0 Å². The molecule has 0 bridgehead atoms. The number of carbonyl (C=O) groups is 2. The van der Waals surface area contributed by atoms with Gasteiger partial charge in [0.05, 0.1) is 5.92 Å². The minimum absolute atomic E-state index is 0.120. The van der Waals surface area contributed by atoms with Gasteiger partial charge < -0.3 is 14.9 Å². The van der Waals surface area contributed by atoms with Crippen LogP contribution in [0.4, 0.5) is 4.79 Å². The Labute approximate surface area is 95.3 Å². The number of likely N-dealkylation sites (N-methyl/N-ethyl adjacent to an activating group) is 1. The molecule has 1 atom stereocenters. The summed E-state index contributed by atoms with van der Waals surface area (Å²) >= 11 is 0. The second-order valence-corrected chi connectivity index (χ2v) is 4.08. The highest BCUT2D eigenvalue weighted by Crippen LogP contribution is 2.17. The number of rotatable bonds is 3. The van der Waals surface area contributed by atoms with Crippen LogP contribution in [0.5, 0.6) is 0 Å². The summed E-state index contributed by atoms with van der Waals surface area (Å²) in [5, 5.41) is 8.91. The van der Waals surface area contributed by atoms with Crippen LogP contribution in [0.25, 0.3) is 0 Å². The predicted molar refractivity (Wildman–Crippen MR) is 60.2 cm³/mol. The fraction of sp³-hybridized carbons (Fsp3) is 0.636.